The molecule has 4 nitrogen and oxygen atoms in total. The minimum absolute atomic E-state index is 0.236. The minimum Gasteiger partial charge on any atom is -0.303 e. The van der Waals surface area contributed by atoms with E-state index in [0.29, 0.717) is 6.42 Å². The first-order valence-electron chi connectivity index (χ1n) is 6.86. The van der Waals surface area contributed by atoms with Crippen LogP contribution in [-0.4, -0.2) is 17.8 Å². The van der Waals surface area contributed by atoms with Gasteiger partial charge in [-0.05, 0) is 17.5 Å². The van der Waals surface area contributed by atoms with E-state index in [4.69, 9.17) is 0 Å². The lowest BCUT2D eigenvalue weighted by Gasteiger charge is -2.20. The molecule has 4 heteroatoms. The molecular weight excluding hydrogens is 266 g/mol. The highest BCUT2D eigenvalue weighted by Crippen LogP contribution is 2.26. The van der Waals surface area contributed by atoms with Gasteiger partial charge in [0.1, 0.15) is 6.29 Å². The van der Waals surface area contributed by atoms with E-state index in [1.165, 1.54) is 0 Å². The van der Waals surface area contributed by atoms with Crippen LogP contribution in [0.1, 0.15) is 17.0 Å². The van der Waals surface area contributed by atoms with E-state index in [1.54, 1.807) is 0 Å². The fraction of sp³-hybridized carbons (Fsp3) is 0.235. The second-order valence-electron chi connectivity index (χ2n) is 5.02. The van der Waals surface area contributed by atoms with Crippen LogP contribution < -0.4 is 0 Å². The summed E-state index contributed by atoms with van der Waals surface area (Å²) in [6.45, 7) is -0.236. The molecule has 2 aromatic carbocycles. The first-order valence-corrected chi connectivity index (χ1v) is 6.86. The Kier molecular flexibility index (Phi) is 5.21. The Morgan fingerprint density at radius 3 is 2.10 bits per heavy atom. The van der Waals surface area contributed by atoms with Crippen LogP contribution in [0.4, 0.5) is 0 Å². The van der Waals surface area contributed by atoms with Gasteiger partial charge >= 0.3 is 0 Å². The van der Waals surface area contributed by atoms with Gasteiger partial charge < -0.3 is 4.79 Å². The van der Waals surface area contributed by atoms with Crippen molar-refractivity contribution in [2.45, 2.75) is 12.3 Å². The van der Waals surface area contributed by atoms with Crippen LogP contribution in [0, 0.1) is 16.0 Å². The van der Waals surface area contributed by atoms with Gasteiger partial charge in [0.15, 0.2) is 0 Å². The second-order valence-corrected chi connectivity index (χ2v) is 5.02. The fourth-order valence-corrected chi connectivity index (χ4v) is 2.52. The van der Waals surface area contributed by atoms with Gasteiger partial charge in [-0.1, -0.05) is 60.7 Å². The van der Waals surface area contributed by atoms with Crippen molar-refractivity contribution in [2.24, 2.45) is 5.92 Å². The van der Waals surface area contributed by atoms with Gasteiger partial charge in [-0.2, -0.15) is 0 Å². The van der Waals surface area contributed by atoms with Crippen LogP contribution in [0.3, 0.4) is 0 Å². The lowest BCUT2D eigenvalue weighted by atomic mass is 9.83. The SMILES string of the molecule is O=C[C@H](Cc1ccccc1)[C@H](C[N+](=O)[O-])c1ccccc1. The molecule has 0 aliphatic carbocycles. The highest BCUT2D eigenvalue weighted by Gasteiger charge is 2.27. The van der Waals surface area contributed by atoms with Crippen LogP contribution in [0.15, 0.2) is 60.7 Å². The summed E-state index contributed by atoms with van der Waals surface area (Å²) in [7, 11) is 0. The number of carbonyl (C=O) groups is 1. The summed E-state index contributed by atoms with van der Waals surface area (Å²) in [6, 6.07) is 18.8. The molecule has 0 heterocycles. The Hall–Kier alpha value is -2.49. The van der Waals surface area contributed by atoms with Crippen molar-refractivity contribution in [3.63, 3.8) is 0 Å². The molecule has 0 N–H and O–H groups in total. The smallest absolute Gasteiger partial charge is 0.211 e. The molecule has 0 aliphatic heterocycles. The molecule has 0 saturated carbocycles. The molecule has 21 heavy (non-hydrogen) atoms. The van der Waals surface area contributed by atoms with E-state index in [9.17, 15) is 14.9 Å². The standard InChI is InChI=1S/C17H17NO3/c19-13-16(11-14-7-3-1-4-8-14)17(12-18(20)21)15-9-5-2-6-10-15/h1-10,13,16-17H,11-12H2/t16-,17+/m0/s1. The maximum Gasteiger partial charge on any atom is 0.211 e. The number of aldehydes is 1. The zero-order chi connectivity index (χ0) is 15.1. The van der Waals surface area contributed by atoms with Gasteiger partial charge in [0.05, 0.1) is 5.92 Å². The number of nitrogens with zero attached hydrogens (tertiary/aromatic N) is 1. The molecular formula is C17H17NO3. The summed E-state index contributed by atoms with van der Waals surface area (Å²) in [6.07, 6.45) is 1.35. The molecule has 0 spiro atoms. The Bertz CT molecular complexity index is 583. The molecule has 2 atom stereocenters. The molecule has 0 unspecified atom stereocenters. The predicted molar refractivity (Wildman–Crippen MR) is 80.7 cm³/mol. The lowest BCUT2D eigenvalue weighted by Crippen LogP contribution is -2.24. The molecule has 0 aliphatic rings. The Morgan fingerprint density at radius 2 is 1.57 bits per heavy atom. The lowest BCUT2D eigenvalue weighted by molar-refractivity contribution is -0.484. The Morgan fingerprint density at radius 1 is 1.00 bits per heavy atom. The topological polar surface area (TPSA) is 60.2 Å². The normalized spacial score (nSPS) is 13.3. The molecule has 0 aromatic heterocycles. The summed E-state index contributed by atoms with van der Waals surface area (Å²) in [5, 5.41) is 10.9. The van der Waals surface area contributed by atoms with Crippen LogP contribution in [0.25, 0.3) is 0 Å². The average Bonchev–Trinajstić information content (AvgIpc) is 2.52. The van der Waals surface area contributed by atoms with E-state index < -0.39 is 11.8 Å². The van der Waals surface area contributed by atoms with Crippen LogP contribution >= 0.6 is 0 Å². The number of nitro groups is 1. The third-order valence-corrected chi connectivity index (χ3v) is 3.58. The van der Waals surface area contributed by atoms with E-state index in [-0.39, 0.29) is 11.5 Å². The van der Waals surface area contributed by atoms with Gasteiger partial charge in [0.25, 0.3) is 0 Å². The maximum absolute atomic E-state index is 11.5. The van der Waals surface area contributed by atoms with E-state index in [0.717, 1.165) is 17.4 Å². The monoisotopic (exact) mass is 283 g/mol. The highest BCUT2D eigenvalue weighted by atomic mass is 16.6. The van der Waals surface area contributed by atoms with E-state index in [1.807, 2.05) is 60.7 Å². The van der Waals surface area contributed by atoms with Gasteiger partial charge in [-0.25, -0.2) is 0 Å². The zero-order valence-electron chi connectivity index (χ0n) is 11.6. The third-order valence-electron chi connectivity index (χ3n) is 3.58. The summed E-state index contributed by atoms with van der Waals surface area (Å²) in [4.78, 5) is 22.1. The van der Waals surface area contributed by atoms with Gasteiger partial charge in [-0.3, -0.25) is 10.1 Å². The van der Waals surface area contributed by atoms with Crippen molar-refractivity contribution in [3.8, 4) is 0 Å². The van der Waals surface area contributed by atoms with Crippen LogP contribution in [0.2, 0.25) is 0 Å². The molecule has 0 radical (unpaired) electrons. The summed E-state index contributed by atoms with van der Waals surface area (Å²) < 4.78 is 0. The highest BCUT2D eigenvalue weighted by molar-refractivity contribution is 5.57. The van der Waals surface area contributed by atoms with Crippen LogP contribution in [0.5, 0.6) is 0 Å². The van der Waals surface area contributed by atoms with Crippen molar-refractivity contribution >= 4 is 6.29 Å². The van der Waals surface area contributed by atoms with E-state index in [2.05, 4.69) is 0 Å². The molecule has 2 aromatic rings. The number of benzene rings is 2. The third kappa shape index (κ3) is 4.24. The summed E-state index contributed by atoms with van der Waals surface area (Å²) in [5.41, 5.74) is 1.85. The number of carbonyl (C=O) groups excluding carboxylic acids is 1. The first kappa shape index (κ1) is 14.9. The van der Waals surface area contributed by atoms with Crippen molar-refractivity contribution in [1.29, 1.82) is 0 Å². The maximum atomic E-state index is 11.5. The number of rotatable bonds is 7. The molecule has 0 fully saturated rings. The van der Waals surface area contributed by atoms with Crippen molar-refractivity contribution in [3.05, 3.63) is 81.9 Å². The zero-order valence-corrected chi connectivity index (χ0v) is 11.6. The number of hydrogen-bond acceptors (Lipinski definition) is 3. The molecule has 0 amide bonds. The predicted octanol–water partition coefficient (Wildman–Crippen LogP) is 3.10. The second kappa shape index (κ2) is 7.33. The van der Waals surface area contributed by atoms with Gasteiger partial charge in [0.2, 0.25) is 6.54 Å². The van der Waals surface area contributed by atoms with Crippen molar-refractivity contribution in [2.75, 3.05) is 6.54 Å². The molecule has 0 saturated heterocycles. The average molecular weight is 283 g/mol. The fourth-order valence-electron chi connectivity index (χ4n) is 2.52. The molecule has 0 bridgehead atoms. The first-order chi connectivity index (χ1) is 10.2. The van der Waals surface area contributed by atoms with Crippen molar-refractivity contribution < 1.29 is 9.72 Å². The summed E-state index contributed by atoms with van der Waals surface area (Å²) in [5.74, 6) is -0.806. The van der Waals surface area contributed by atoms with Crippen molar-refractivity contribution in [1.82, 2.24) is 0 Å². The molecule has 108 valence electrons. The summed E-state index contributed by atoms with van der Waals surface area (Å²) >= 11 is 0. The van der Waals surface area contributed by atoms with Gasteiger partial charge in [0, 0.05) is 10.8 Å². The minimum atomic E-state index is -0.404. The van der Waals surface area contributed by atoms with Gasteiger partial charge in [-0.15, -0.1) is 0 Å². The largest absolute Gasteiger partial charge is 0.303 e. The van der Waals surface area contributed by atoms with E-state index >= 15 is 0 Å². The molecule has 2 rings (SSSR count). The Balaban J connectivity index is 2.25. The van der Waals surface area contributed by atoms with Crippen LogP contribution in [-0.2, 0) is 11.2 Å². The quantitative estimate of drug-likeness (QED) is 0.445. The Labute approximate surface area is 123 Å². The number of hydrogen-bond donors (Lipinski definition) is 0.